The van der Waals surface area contributed by atoms with Crippen LogP contribution in [0.25, 0.3) is 22.3 Å². The van der Waals surface area contributed by atoms with Gasteiger partial charge < -0.3 is 9.80 Å². The zero-order chi connectivity index (χ0) is 48.2. The Balaban J connectivity index is 0.920. The zero-order valence-electron chi connectivity index (χ0n) is 42.6. The van der Waals surface area contributed by atoms with E-state index < -0.39 is 0 Å². The first-order chi connectivity index (χ1) is 35.4. The van der Waals surface area contributed by atoms with Crippen LogP contribution in [0.15, 0.2) is 182 Å². The maximum Gasteiger partial charge on any atom is 0.0543 e. The minimum absolute atomic E-state index is 0.139. The first-order valence-electron chi connectivity index (χ1n) is 27.9. The SMILES string of the molecule is CC1(C)c2ccccc2-c2cc(-c3ccccc3)c(N(c3ccc(C4CCCCCCC4)cc3)c3cc4ccc3CCc3ccc(c(N(c5ccccc5)c5ccc(C6CC7CCC6C7)cc5)c3)CC4)cc21. The molecule has 3 unspecified atom stereocenters. The van der Waals surface area contributed by atoms with Crippen LogP contribution in [0.3, 0.4) is 0 Å². The van der Waals surface area contributed by atoms with E-state index in [0.717, 1.165) is 43.4 Å². The predicted octanol–water partition coefficient (Wildman–Crippen LogP) is 19.2. The first kappa shape index (κ1) is 45.2. The Bertz CT molecular complexity index is 3210. The van der Waals surface area contributed by atoms with Gasteiger partial charge >= 0.3 is 0 Å². The molecule has 3 atom stereocenters. The van der Waals surface area contributed by atoms with Crippen LogP contribution in [0.2, 0.25) is 0 Å². The fourth-order valence-electron chi connectivity index (χ4n) is 14.3. The second kappa shape index (κ2) is 19.1. The van der Waals surface area contributed by atoms with Crippen LogP contribution in [0, 0.1) is 11.8 Å². The lowest BCUT2D eigenvalue weighted by Gasteiger charge is -2.33. The van der Waals surface area contributed by atoms with E-state index in [-0.39, 0.29) is 5.41 Å². The fourth-order valence-corrected chi connectivity index (χ4v) is 14.3. The monoisotopic (exact) mass is 939 g/mol. The van der Waals surface area contributed by atoms with Gasteiger partial charge in [-0.2, -0.15) is 0 Å². The van der Waals surface area contributed by atoms with E-state index in [1.807, 2.05) is 0 Å². The molecule has 0 heterocycles. The maximum atomic E-state index is 2.67. The molecule has 0 aromatic heterocycles. The number of benzene rings is 8. The maximum absolute atomic E-state index is 2.67. The van der Waals surface area contributed by atoms with Crippen LogP contribution in [0.1, 0.15) is 141 Å². The van der Waals surface area contributed by atoms with E-state index in [2.05, 4.69) is 206 Å². The summed E-state index contributed by atoms with van der Waals surface area (Å²) in [5, 5.41) is 0. The Morgan fingerprint density at radius 3 is 1.64 bits per heavy atom. The van der Waals surface area contributed by atoms with E-state index in [1.165, 1.54) is 166 Å². The van der Waals surface area contributed by atoms with Gasteiger partial charge in [-0.3, -0.25) is 0 Å². The van der Waals surface area contributed by atoms with Gasteiger partial charge in [0.05, 0.1) is 5.69 Å². The number of rotatable bonds is 9. The highest BCUT2D eigenvalue weighted by Gasteiger charge is 2.40. The number of hydrogen-bond acceptors (Lipinski definition) is 2. The average molecular weight is 939 g/mol. The van der Waals surface area contributed by atoms with Crippen LogP contribution < -0.4 is 9.80 Å². The molecule has 72 heavy (non-hydrogen) atoms. The molecular formula is C70H70N2. The van der Waals surface area contributed by atoms with E-state index in [4.69, 9.17) is 0 Å². The van der Waals surface area contributed by atoms with Gasteiger partial charge in [-0.05, 0) is 203 Å². The summed E-state index contributed by atoms with van der Waals surface area (Å²) in [5.41, 5.74) is 24.0. The molecule has 8 aliphatic carbocycles. The summed E-state index contributed by atoms with van der Waals surface area (Å²) < 4.78 is 0. The second-order valence-electron chi connectivity index (χ2n) is 22.9. The summed E-state index contributed by atoms with van der Waals surface area (Å²) in [6.07, 6.45) is 18.8. The molecule has 3 saturated carbocycles. The molecular weight excluding hydrogens is 869 g/mol. The highest BCUT2D eigenvalue weighted by atomic mass is 15.2. The lowest BCUT2D eigenvalue weighted by atomic mass is 9.81. The van der Waals surface area contributed by atoms with Crippen molar-refractivity contribution in [3.05, 3.63) is 226 Å². The third kappa shape index (κ3) is 8.39. The summed E-state index contributed by atoms with van der Waals surface area (Å²) in [7, 11) is 0. The molecule has 0 radical (unpaired) electrons. The van der Waals surface area contributed by atoms with Crippen molar-refractivity contribution in [3.63, 3.8) is 0 Å². The first-order valence-corrected chi connectivity index (χ1v) is 27.9. The summed E-state index contributed by atoms with van der Waals surface area (Å²) in [6.45, 7) is 4.85. The summed E-state index contributed by atoms with van der Waals surface area (Å²) in [6, 6.07) is 71.0. The van der Waals surface area contributed by atoms with Crippen molar-refractivity contribution in [1.29, 1.82) is 0 Å². The van der Waals surface area contributed by atoms with Crippen molar-refractivity contribution in [2.45, 2.75) is 127 Å². The van der Waals surface area contributed by atoms with E-state index in [0.29, 0.717) is 5.92 Å². The van der Waals surface area contributed by atoms with Gasteiger partial charge in [0.15, 0.2) is 0 Å². The predicted molar refractivity (Wildman–Crippen MR) is 303 cm³/mol. The number of fused-ring (bicyclic) bond motifs is 5. The van der Waals surface area contributed by atoms with Gasteiger partial charge in [-0.25, -0.2) is 0 Å². The Kier molecular flexibility index (Phi) is 12.0. The zero-order valence-corrected chi connectivity index (χ0v) is 42.6. The Labute approximate surface area is 429 Å². The number of para-hydroxylation sites is 1. The molecule has 8 aliphatic rings. The molecule has 0 saturated heterocycles. The minimum Gasteiger partial charge on any atom is -0.310 e. The van der Waals surface area contributed by atoms with Gasteiger partial charge in [0.2, 0.25) is 0 Å². The largest absolute Gasteiger partial charge is 0.310 e. The quantitative estimate of drug-likeness (QED) is 0.142. The van der Waals surface area contributed by atoms with Gasteiger partial charge in [0.25, 0.3) is 0 Å². The van der Waals surface area contributed by atoms with Crippen LogP contribution in [0.5, 0.6) is 0 Å². The summed E-state index contributed by atoms with van der Waals surface area (Å²) in [4.78, 5) is 5.21. The second-order valence-corrected chi connectivity index (χ2v) is 22.9. The van der Waals surface area contributed by atoms with Gasteiger partial charge in [-0.15, -0.1) is 0 Å². The molecule has 0 amide bonds. The number of anilines is 6. The molecule has 0 N–H and O–H groups in total. The highest BCUT2D eigenvalue weighted by molar-refractivity contribution is 5.95. The molecule has 2 nitrogen and oxygen atoms in total. The van der Waals surface area contributed by atoms with Crippen molar-refractivity contribution >= 4 is 34.1 Å². The lowest BCUT2D eigenvalue weighted by molar-refractivity contribution is 0.420. The third-order valence-corrected chi connectivity index (χ3v) is 18.2. The van der Waals surface area contributed by atoms with Crippen LogP contribution in [-0.2, 0) is 31.1 Å². The van der Waals surface area contributed by atoms with Crippen LogP contribution in [0.4, 0.5) is 34.1 Å². The van der Waals surface area contributed by atoms with Gasteiger partial charge in [-0.1, -0.05) is 174 Å². The summed E-state index contributed by atoms with van der Waals surface area (Å²) >= 11 is 0. The average Bonchev–Trinajstić information content (AvgIpc) is 4.11. The number of hydrogen-bond donors (Lipinski definition) is 0. The molecule has 3 fully saturated rings. The minimum atomic E-state index is -0.139. The number of nitrogens with zero attached hydrogens (tertiary/aromatic N) is 2. The van der Waals surface area contributed by atoms with Crippen molar-refractivity contribution in [2.75, 3.05) is 9.80 Å². The molecule has 16 rings (SSSR count). The third-order valence-electron chi connectivity index (χ3n) is 18.2. The molecule has 0 aliphatic heterocycles. The van der Waals surface area contributed by atoms with Gasteiger partial charge in [0, 0.05) is 39.4 Å². The molecule has 360 valence electrons. The van der Waals surface area contributed by atoms with E-state index in [1.54, 1.807) is 5.56 Å². The van der Waals surface area contributed by atoms with E-state index >= 15 is 0 Å². The topological polar surface area (TPSA) is 6.48 Å². The molecule has 2 heteroatoms. The Morgan fingerprint density at radius 1 is 0.403 bits per heavy atom. The molecule has 0 spiro atoms. The Hall–Kier alpha value is -6.64. The van der Waals surface area contributed by atoms with Crippen molar-refractivity contribution in [3.8, 4) is 22.3 Å². The molecule has 8 aromatic rings. The highest BCUT2D eigenvalue weighted by Crippen LogP contribution is 2.55. The fraction of sp³-hybridized carbons (Fsp3) is 0.314. The van der Waals surface area contributed by atoms with E-state index in [9.17, 15) is 0 Å². The van der Waals surface area contributed by atoms with Crippen molar-refractivity contribution in [1.82, 2.24) is 0 Å². The van der Waals surface area contributed by atoms with Gasteiger partial charge in [0.1, 0.15) is 0 Å². The van der Waals surface area contributed by atoms with Crippen molar-refractivity contribution in [2.24, 2.45) is 11.8 Å². The molecule has 8 aromatic carbocycles. The normalized spacial score (nSPS) is 20.0. The van der Waals surface area contributed by atoms with Crippen molar-refractivity contribution < 1.29 is 0 Å². The van der Waals surface area contributed by atoms with Crippen LogP contribution in [-0.4, -0.2) is 0 Å². The molecule has 6 bridgehead atoms. The summed E-state index contributed by atoms with van der Waals surface area (Å²) in [5.74, 6) is 3.18. The number of aryl methyl sites for hydroxylation is 4. The Morgan fingerprint density at radius 2 is 0.986 bits per heavy atom. The standard InChI is InChI=1S/C70H70N2/c1-70(2)65-23-15-14-22-61(65)64-46-63(53-18-10-6-11-19-53)69(47-66(64)70)72(60-38-34-52(35-39-60)51-16-8-4-3-5-9-17-51)68-45-49-25-30-55-29-24-48(26-31-56(68)32-27-49)44-67(55)71(58-20-12-7-13-21-58)59-40-36-54(37-41-59)62-43-50-28-33-57(62)42-50/h6-7,10-15,18-24,27,29,32,34-41,44-47,50-51,57,62H,3-5,8-9,16-17,25-26,28,30-31,33,42-43H2,1-2H3. The lowest BCUT2D eigenvalue weighted by Crippen LogP contribution is -2.18. The van der Waals surface area contributed by atoms with Crippen LogP contribution >= 0.6 is 0 Å². The smallest absolute Gasteiger partial charge is 0.0543 e.